The van der Waals surface area contributed by atoms with E-state index in [4.69, 9.17) is 4.74 Å². The number of hydrogen-bond donors (Lipinski definition) is 1. The molecule has 2 aliphatic rings. The summed E-state index contributed by atoms with van der Waals surface area (Å²) in [6, 6.07) is 11.4. The summed E-state index contributed by atoms with van der Waals surface area (Å²) in [5, 5.41) is 3.92. The fourth-order valence-electron chi connectivity index (χ4n) is 4.92. The second-order valence-electron chi connectivity index (χ2n) is 8.22. The van der Waals surface area contributed by atoms with Crippen LogP contribution in [-0.2, 0) is 9.53 Å². The highest BCUT2D eigenvalue weighted by Gasteiger charge is 2.33. The predicted molar refractivity (Wildman–Crippen MR) is 106 cm³/mol. The molecule has 0 aromatic heterocycles. The van der Waals surface area contributed by atoms with E-state index in [1.807, 2.05) is 6.92 Å². The molecule has 0 amide bonds. The first kappa shape index (κ1) is 19.4. The molecule has 3 atom stereocenters. The van der Waals surface area contributed by atoms with Gasteiger partial charge in [-0.05, 0) is 68.9 Å². The molecule has 0 spiro atoms. The zero-order chi connectivity index (χ0) is 18.2. The second kappa shape index (κ2) is 10.1. The van der Waals surface area contributed by atoms with Gasteiger partial charge in [-0.3, -0.25) is 4.79 Å². The molecule has 1 aromatic carbocycles. The van der Waals surface area contributed by atoms with Crippen LogP contribution in [0.4, 0.5) is 0 Å². The van der Waals surface area contributed by atoms with Gasteiger partial charge in [0, 0.05) is 12.5 Å². The molecule has 0 aliphatic heterocycles. The van der Waals surface area contributed by atoms with Gasteiger partial charge >= 0.3 is 5.97 Å². The van der Waals surface area contributed by atoms with Crippen LogP contribution in [0.3, 0.4) is 0 Å². The summed E-state index contributed by atoms with van der Waals surface area (Å²) >= 11 is 0. The van der Waals surface area contributed by atoms with E-state index < -0.39 is 0 Å². The van der Waals surface area contributed by atoms with Gasteiger partial charge in [-0.1, -0.05) is 49.6 Å². The Labute approximate surface area is 158 Å². The molecule has 3 rings (SSSR count). The average Bonchev–Trinajstić information content (AvgIpc) is 2.68. The Morgan fingerprint density at radius 2 is 1.81 bits per heavy atom. The lowest BCUT2D eigenvalue weighted by Crippen LogP contribution is -2.42. The maximum atomic E-state index is 11.9. The van der Waals surface area contributed by atoms with Crippen LogP contribution in [-0.4, -0.2) is 25.2 Å². The predicted octanol–water partition coefficient (Wildman–Crippen LogP) is 5.06. The van der Waals surface area contributed by atoms with Crippen molar-refractivity contribution < 1.29 is 9.53 Å². The number of benzene rings is 1. The monoisotopic (exact) mass is 357 g/mol. The molecule has 2 aliphatic carbocycles. The highest BCUT2D eigenvalue weighted by molar-refractivity contribution is 5.69. The van der Waals surface area contributed by atoms with Crippen LogP contribution in [0.5, 0.6) is 0 Å². The van der Waals surface area contributed by atoms with Crippen molar-refractivity contribution in [1.82, 2.24) is 5.32 Å². The largest absolute Gasteiger partial charge is 0.466 e. The molecule has 1 aromatic rings. The lowest BCUT2D eigenvalue weighted by molar-refractivity contribution is -0.144. The van der Waals surface area contributed by atoms with Gasteiger partial charge in [-0.25, -0.2) is 0 Å². The van der Waals surface area contributed by atoms with Gasteiger partial charge in [0.05, 0.1) is 6.61 Å². The molecule has 26 heavy (non-hydrogen) atoms. The fraction of sp³-hybridized carbons (Fsp3) is 0.696. The molecule has 0 unspecified atom stereocenters. The van der Waals surface area contributed by atoms with Gasteiger partial charge in [0.2, 0.25) is 0 Å². The third-order valence-corrected chi connectivity index (χ3v) is 6.34. The van der Waals surface area contributed by atoms with Crippen LogP contribution >= 0.6 is 0 Å². The van der Waals surface area contributed by atoms with Gasteiger partial charge in [0.15, 0.2) is 0 Å². The normalized spacial score (nSPS) is 27.2. The summed E-state index contributed by atoms with van der Waals surface area (Å²) in [4.78, 5) is 11.9. The molecule has 0 radical (unpaired) electrons. The van der Waals surface area contributed by atoms with Gasteiger partial charge in [0.1, 0.15) is 0 Å². The number of nitrogens with one attached hydrogen (secondary N) is 1. The Morgan fingerprint density at radius 3 is 2.54 bits per heavy atom. The van der Waals surface area contributed by atoms with Crippen molar-refractivity contribution >= 4 is 5.97 Å². The van der Waals surface area contributed by atoms with Crippen LogP contribution in [0.1, 0.15) is 76.2 Å². The zero-order valence-electron chi connectivity index (χ0n) is 16.3. The van der Waals surface area contributed by atoms with E-state index in [9.17, 15) is 4.79 Å². The summed E-state index contributed by atoms with van der Waals surface area (Å²) in [7, 11) is 0. The van der Waals surface area contributed by atoms with E-state index in [1.165, 1.54) is 37.7 Å². The summed E-state index contributed by atoms with van der Waals surface area (Å²) in [6.45, 7) is 3.53. The molecule has 0 heterocycles. The number of esters is 1. The molecule has 144 valence electrons. The highest BCUT2D eigenvalue weighted by Crippen LogP contribution is 2.38. The molecule has 2 fully saturated rings. The van der Waals surface area contributed by atoms with Crippen molar-refractivity contribution in [2.75, 3.05) is 13.2 Å². The van der Waals surface area contributed by atoms with Crippen LogP contribution in [0, 0.1) is 11.8 Å². The number of rotatable bonds is 7. The number of ether oxygens (including phenoxy) is 1. The van der Waals surface area contributed by atoms with Crippen molar-refractivity contribution in [3.63, 3.8) is 0 Å². The molecule has 1 N–H and O–H groups in total. The minimum absolute atomic E-state index is 0.0297. The quantitative estimate of drug-likeness (QED) is 0.693. The van der Waals surface area contributed by atoms with E-state index in [1.54, 1.807) is 0 Å². The maximum Gasteiger partial charge on any atom is 0.306 e. The summed E-state index contributed by atoms with van der Waals surface area (Å²) in [5.41, 5.74) is 1.42. The van der Waals surface area contributed by atoms with Crippen molar-refractivity contribution in [2.24, 2.45) is 11.8 Å². The molecule has 0 bridgehead atoms. The van der Waals surface area contributed by atoms with E-state index in [0.717, 1.165) is 31.7 Å². The van der Waals surface area contributed by atoms with Gasteiger partial charge < -0.3 is 10.1 Å². The topological polar surface area (TPSA) is 38.3 Å². The lowest BCUT2D eigenvalue weighted by Gasteiger charge is -2.38. The minimum atomic E-state index is -0.0297. The Bertz CT molecular complexity index is 538. The van der Waals surface area contributed by atoms with Crippen molar-refractivity contribution in [1.29, 1.82) is 0 Å². The molecule has 0 saturated heterocycles. The summed E-state index contributed by atoms with van der Waals surface area (Å²) < 4.78 is 5.18. The van der Waals surface area contributed by atoms with E-state index in [0.29, 0.717) is 30.9 Å². The fourth-order valence-corrected chi connectivity index (χ4v) is 4.92. The van der Waals surface area contributed by atoms with Crippen LogP contribution in [0.25, 0.3) is 0 Å². The summed E-state index contributed by atoms with van der Waals surface area (Å²) in [5.74, 6) is 1.79. The van der Waals surface area contributed by atoms with Gasteiger partial charge in [-0.2, -0.15) is 0 Å². The molecular formula is C23H35NO2. The lowest BCUT2D eigenvalue weighted by atomic mass is 9.73. The number of carbonyl (C=O) groups is 1. The van der Waals surface area contributed by atoms with E-state index >= 15 is 0 Å². The van der Waals surface area contributed by atoms with Crippen molar-refractivity contribution in [2.45, 2.75) is 76.7 Å². The highest BCUT2D eigenvalue weighted by atomic mass is 16.5. The van der Waals surface area contributed by atoms with Crippen LogP contribution in [0.2, 0.25) is 0 Å². The Hall–Kier alpha value is -1.35. The molecular weight excluding hydrogens is 322 g/mol. The summed E-state index contributed by atoms with van der Waals surface area (Å²) in [6.07, 6.45) is 11.0. The Morgan fingerprint density at radius 1 is 1.04 bits per heavy atom. The minimum Gasteiger partial charge on any atom is -0.466 e. The van der Waals surface area contributed by atoms with Gasteiger partial charge in [0.25, 0.3) is 0 Å². The SMILES string of the molecule is CCOC(=O)C[C@@H]1CC[C@@H](NCC2CCCCC2)[C@H](c2ccccc2)C1. The molecule has 3 heteroatoms. The second-order valence-corrected chi connectivity index (χ2v) is 8.22. The third kappa shape index (κ3) is 5.57. The Balaban J connectivity index is 1.61. The average molecular weight is 358 g/mol. The molecule has 2 saturated carbocycles. The first-order valence-electron chi connectivity index (χ1n) is 10.7. The first-order valence-corrected chi connectivity index (χ1v) is 10.7. The molecule has 3 nitrogen and oxygen atoms in total. The number of carbonyl (C=O) groups excluding carboxylic acids is 1. The van der Waals surface area contributed by atoms with Crippen LogP contribution < -0.4 is 5.32 Å². The zero-order valence-corrected chi connectivity index (χ0v) is 16.3. The number of hydrogen-bond acceptors (Lipinski definition) is 3. The van der Waals surface area contributed by atoms with Gasteiger partial charge in [-0.15, -0.1) is 0 Å². The first-order chi connectivity index (χ1) is 12.8. The standard InChI is InChI=1S/C23H35NO2/c1-2-26-23(25)16-19-13-14-22(24-17-18-9-5-3-6-10-18)21(15-19)20-11-7-4-8-12-20/h4,7-8,11-12,18-19,21-22,24H,2-3,5-6,9-10,13-17H2,1H3/t19-,21+,22-/m1/s1. The van der Waals surface area contributed by atoms with E-state index in [2.05, 4.69) is 35.6 Å². The Kier molecular flexibility index (Phi) is 7.55. The van der Waals surface area contributed by atoms with Crippen molar-refractivity contribution in [3.8, 4) is 0 Å². The smallest absolute Gasteiger partial charge is 0.306 e. The third-order valence-electron chi connectivity index (χ3n) is 6.34. The van der Waals surface area contributed by atoms with E-state index in [-0.39, 0.29) is 5.97 Å². The van der Waals surface area contributed by atoms with Crippen LogP contribution in [0.15, 0.2) is 30.3 Å². The maximum absolute atomic E-state index is 11.9. The van der Waals surface area contributed by atoms with Crippen molar-refractivity contribution in [3.05, 3.63) is 35.9 Å².